The van der Waals surface area contributed by atoms with Crippen molar-refractivity contribution in [3.8, 4) is 0 Å². The van der Waals surface area contributed by atoms with Crippen LogP contribution in [0.25, 0.3) is 0 Å². The highest BCUT2D eigenvalue weighted by atomic mass is 32.2. The average Bonchev–Trinajstić information content (AvgIpc) is 2.60. The first-order chi connectivity index (χ1) is 12.2. The molecule has 4 rings (SSSR count). The predicted molar refractivity (Wildman–Crippen MR) is 107 cm³/mol. The van der Waals surface area contributed by atoms with E-state index in [4.69, 9.17) is 0 Å². The fraction of sp³-hybridized carbons (Fsp3) is 0.429. The smallest absolute Gasteiger partial charge is 0.0552 e. The second kappa shape index (κ2) is 7.40. The molecule has 2 atom stereocenters. The molecule has 1 N–H and O–H groups in total. The van der Waals surface area contributed by atoms with Crippen LogP contribution in [0.2, 0.25) is 0 Å². The van der Waals surface area contributed by atoms with Gasteiger partial charge in [-0.15, -0.1) is 0 Å². The molecule has 2 aromatic rings. The van der Waals surface area contributed by atoms with Crippen molar-refractivity contribution in [3.63, 3.8) is 0 Å². The molecule has 0 aromatic heterocycles. The Hall–Kier alpha value is -1.49. The van der Waals surface area contributed by atoms with Crippen LogP contribution < -0.4 is 10.2 Å². The average molecular weight is 354 g/mol. The van der Waals surface area contributed by atoms with E-state index in [2.05, 4.69) is 77.5 Å². The Morgan fingerprint density at radius 2 is 1.44 bits per heavy atom. The minimum atomic E-state index is 0.594. The van der Waals surface area contributed by atoms with E-state index in [0.29, 0.717) is 12.1 Å². The van der Waals surface area contributed by atoms with Crippen LogP contribution in [0.5, 0.6) is 0 Å². The molecule has 2 heterocycles. The molecule has 132 valence electrons. The van der Waals surface area contributed by atoms with Gasteiger partial charge in [0.25, 0.3) is 0 Å². The van der Waals surface area contributed by atoms with Gasteiger partial charge in [0, 0.05) is 41.5 Å². The van der Waals surface area contributed by atoms with Crippen molar-refractivity contribution in [3.05, 3.63) is 48.5 Å². The summed E-state index contributed by atoms with van der Waals surface area (Å²) in [7, 11) is 0. The van der Waals surface area contributed by atoms with Crippen LogP contribution in [-0.4, -0.2) is 43.2 Å². The highest BCUT2D eigenvalue weighted by Crippen LogP contribution is 2.47. The Morgan fingerprint density at radius 3 is 2.04 bits per heavy atom. The Labute approximate surface area is 155 Å². The maximum Gasteiger partial charge on any atom is 0.0552 e. The first-order valence-electron chi connectivity index (χ1n) is 9.32. The van der Waals surface area contributed by atoms with Crippen LogP contribution in [0, 0.1) is 0 Å². The van der Waals surface area contributed by atoms with Gasteiger partial charge >= 0.3 is 0 Å². The van der Waals surface area contributed by atoms with E-state index in [9.17, 15) is 0 Å². The predicted octanol–water partition coefficient (Wildman–Crippen LogP) is 4.36. The number of fused-ring (bicyclic) bond motifs is 2. The van der Waals surface area contributed by atoms with Gasteiger partial charge in [0.1, 0.15) is 0 Å². The zero-order valence-corrected chi connectivity index (χ0v) is 15.9. The summed E-state index contributed by atoms with van der Waals surface area (Å²) >= 11 is 1.89. The molecule has 4 heteroatoms. The molecule has 1 fully saturated rings. The first kappa shape index (κ1) is 17.0. The van der Waals surface area contributed by atoms with Crippen LogP contribution in [0.4, 0.5) is 11.4 Å². The number of anilines is 2. The highest BCUT2D eigenvalue weighted by Gasteiger charge is 2.24. The maximum atomic E-state index is 3.62. The van der Waals surface area contributed by atoms with Gasteiger partial charge in [-0.3, -0.25) is 0 Å². The molecule has 0 aliphatic carbocycles. The van der Waals surface area contributed by atoms with E-state index < -0.39 is 0 Å². The lowest BCUT2D eigenvalue weighted by Crippen LogP contribution is -2.54. The molecule has 0 amide bonds. The van der Waals surface area contributed by atoms with E-state index in [1.54, 1.807) is 0 Å². The summed E-state index contributed by atoms with van der Waals surface area (Å²) in [5.74, 6) is 0. The molecule has 25 heavy (non-hydrogen) atoms. The van der Waals surface area contributed by atoms with Crippen molar-refractivity contribution in [2.45, 2.75) is 42.1 Å². The van der Waals surface area contributed by atoms with Gasteiger partial charge in [0.2, 0.25) is 0 Å². The Balaban J connectivity index is 1.47. The molecule has 2 aliphatic rings. The summed E-state index contributed by atoms with van der Waals surface area (Å²) in [5, 5.41) is 3.62. The van der Waals surface area contributed by atoms with Crippen molar-refractivity contribution in [2.75, 3.05) is 31.1 Å². The van der Waals surface area contributed by atoms with E-state index in [0.717, 1.165) is 19.6 Å². The molecule has 0 bridgehead atoms. The number of para-hydroxylation sites is 2. The van der Waals surface area contributed by atoms with E-state index in [1.165, 1.54) is 34.1 Å². The summed E-state index contributed by atoms with van der Waals surface area (Å²) in [6, 6.07) is 18.8. The third-order valence-electron chi connectivity index (χ3n) is 5.02. The van der Waals surface area contributed by atoms with E-state index >= 15 is 0 Å². The molecule has 1 saturated heterocycles. The minimum Gasteiger partial charge on any atom is -0.340 e. The largest absolute Gasteiger partial charge is 0.340 e. The lowest BCUT2D eigenvalue weighted by atomic mass is 10.1. The SMILES string of the molecule is C[C@@H]1CN(CCCN2c3ccccc3Sc3ccccc32)C[C@H](C)N1. The summed E-state index contributed by atoms with van der Waals surface area (Å²) in [6.45, 7) is 9.14. The summed E-state index contributed by atoms with van der Waals surface area (Å²) in [4.78, 5) is 7.86. The zero-order chi connectivity index (χ0) is 17.2. The third kappa shape index (κ3) is 3.71. The Morgan fingerprint density at radius 1 is 0.880 bits per heavy atom. The van der Waals surface area contributed by atoms with Gasteiger partial charge in [0.05, 0.1) is 11.4 Å². The van der Waals surface area contributed by atoms with Crippen molar-refractivity contribution < 1.29 is 0 Å². The second-order valence-electron chi connectivity index (χ2n) is 7.27. The Bertz CT molecular complexity index is 677. The molecule has 2 aliphatic heterocycles. The van der Waals surface area contributed by atoms with Crippen LogP contribution >= 0.6 is 11.8 Å². The number of nitrogens with zero attached hydrogens (tertiary/aromatic N) is 2. The monoisotopic (exact) mass is 353 g/mol. The van der Waals surface area contributed by atoms with Gasteiger partial charge in [-0.2, -0.15) is 0 Å². The van der Waals surface area contributed by atoms with Gasteiger partial charge < -0.3 is 15.1 Å². The standard InChI is InChI=1S/C21H27N3S/c1-16-14-23(15-17(2)22-16)12-7-13-24-18-8-3-5-10-20(18)25-21-11-6-4-9-19(21)24/h3-6,8-11,16-17,22H,7,12-15H2,1-2H3/t16-,17+. The van der Waals surface area contributed by atoms with Crippen molar-refractivity contribution in [2.24, 2.45) is 0 Å². The number of benzene rings is 2. The van der Waals surface area contributed by atoms with Crippen LogP contribution in [0.3, 0.4) is 0 Å². The van der Waals surface area contributed by atoms with Crippen LogP contribution in [0.15, 0.2) is 58.3 Å². The van der Waals surface area contributed by atoms with Crippen molar-refractivity contribution in [1.82, 2.24) is 10.2 Å². The lowest BCUT2D eigenvalue weighted by molar-refractivity contribution is 0.173. The number of nitrogens with one attached hydrogen (secondary N) is 1. The van der Waals surface area contributed by atoms with Gasteiger partial charge in [-0.25, -0.2) is 0 Å². The zero-order valence-electron chi connectivity index (χ0n) is 15.1. The number of piperazine rings is 1. The van der Waals surface area contributed by atoms with Crippen LogP contribution in [0.1, 0.15) is 20.3 Å². The Kier molecular flexibility index (Phi) is 5.02. The molecule has 3 nitrogen and oxygen atoms in total. The maximum absolute atomic E-state index is 3.62. The van der Waals surface area contributed by atoms with Gasteiger partial charge in [0.15, 0.2) is 0 Å². The topological polar surface area (TPSA) is 18.5 Å². The third-order valence-corrected chi connectivity index (χ3v) is 6.15. The van der Waals surface area contributed by atoms with Crippen molar-refractivity contribution in [1.29, 1.82) is 0 Å². The summed E-state index contributed by atoms with van der Waals surface area (Å²) in [6.07, 6.45) is 1.19. The molecule has 0 spiro atoms. The molecule has 0 saturated carbocycles. The minimum absolute atomic E-state index is 0.594. The number of rotatable bonds is 4. The molecular weight excluding hydrogens is 326 g/mol. The number of hydrogen-bond acceptors (Lipinski definition) is 4. The molecule has 0 unspecified atom stereocenters. The lowest BCUT2D eigenvalue weighted by Gasteiger charge is -2.37. The van der Waals surface area contributed by atoms with E-state index in [-0.39, 0.29) is 0 Å². The van der Waals surface area contributed by atoms with Crippen molar-refractivity contribution >= 4 is 23.1 Å². The molecular formula is C21H27N3S. The fourth-order valence-electron chi connectivity index (χ4n) is 4.10. The summed E-state index contributed by atoms with van der Waals surface area (Å²) < 4.78 is 0. The second-order valence-corrected chi connectivity index (χ2v) is 8.35. The summed E-state index contributed by atoms with van der Waals surface area (Å²) in [5.41, 5.74) is 2.71. The first-order valence-corrected chi connectivity index (χ1v) is 10.1. The van der Waals surface area contributed by atoms with Gasteiger partial charge in [-0.1, -0.05) is 36.0 Å². The quantitative estimate of drug-likeness (QED) is 0.880. The number of hydrogen-bond donors (Lipinski definition) is 1. The fourth-order valence-corrected chi connectivity index (χ4v) is 5.19. The molecule has 0 radical (unpaired) electrons. The van der Waals surface area contributed by atoms with Crippen LogP contribution in [-0.2, 0) is 0 Å². The molecule has 2 aromatic carbocycles. The normalized spacial score (nSPS) is 23.2. The highest BCUT2D eigenvalue weighted by molar-refractivity contribution is 7.99. The van der Waals surface area contributed by atoms with Gasteiger partial charge in [-0.05, 0) is 51.1 Å². The van der Waals surface area contributed by atoms with E-state index in [1.807, 2.05) is 11.8 Å².